The molecule has 36 heavy (non-hydrogen) atoms. The number of hydrogen-bond acceptors (Lipinski definition) is 8. The van der Waals surface area contributed by atoms with Crippen molar-refractivity contribution in [2.24, 2.45) is 5.92 Å². The lowest BCUT2D eigenvalue weighted by Crippen LogP contribution is -2.72. The van der Waals surface area contributed by atoms with E-state index in [9.17, 15) is 4.21 Å². The minimum Gasteiger partial charge on any atom is -0.351 e. The maximum atomic E-state index is 13.4. The Balaban J connectivity index is 1.08. The topological polar surface area (TPSA) is 126 Å². The quantitative estimate of drug-likeness (QED) is 0.469. The molecular formula is C25H29N9OS. The van der Waals surface area contributed by atoms with E-state index in [-0.39, 0.29) is 16.8 Å². The van der Waals surface area contributed by atoms with Gasteiger partial charge in [-0.05, 0) is 51.2 Å². The first kappa shape index (κ1) is 22.2. The maximum Gasteiger partial charge on any atom is 0.225 e. The molecule has 0 bridgehead atoms. The summed E-state index contributed by atoms with van der Waals surface area (Å²) in [6.07, 6.45) is 5.00. The van der Waals surface area contributed by atoms with Crippen LogP contribution in [0.25, 0.3) is 10.9 Å². The van der Waals surface area contributed by atoms with Crippen LogP contribution in [0.2, 0.25) is 0 Å². The summed E-state index contributed by atoms with van der Waals surface area (Å²) in [7, 11) is -1.03. The second kappa shape index (κ2) is 8.23. The third kappa shape index (κ3) is 3.43. The van der Waals surface area contributed by atoms with Crippen LogP contribution < -0.4 is 10.6 Å². The van der Waals surface area contributed by atoms with Crippen molar-refractivity contribution in [3.63, 3.8) is 0 Å². The van der Waals surface area contributed by atoms with Gasteiger partial charge in [0, 0.05) is 48.4 Å². The smallest absolute Gasteiger partial charge is 0.225 e. The molecule has 0 saturated carbocycles. The van der Waals surface area contributed by atoms with Gasteiger partial charge in [-0.3, -0.25) is 10.00 Å². The Hall–Kier alpha value is -3.07. The van der Waals surface area contributed by atoms with Crippen molar-refractivity contribution >= 4 is 39.5 Å². The Labute approximate surface area is 212 Å². The molecule has 2 aromatic heterocycles. The maximum absolute atomic E-state index is 13.4. The fourth-order valence-corrected chi connectivity index (χ4v) is 8.87. The highest BCUT2D eigenvalue weighted by Crippen LogP contribution is 2.56. The van der Waals surface area contributed by atoms with Gasteiger partial charge < -0.3 is 10.6 Å². The van der Waals surface area contributed by atoms with Crippen molar-refractivity contribution in [2.75, 3.05) is 23.7 Å². The molecular weight excluding hydrogens is 474 g/mol. The lowest BCUT2D eigenvalue weighted by atomic mass is 9.83. The number of piperidine rings is 1. The number of para-hydroxylation sites is 1. The molecule has 4 saturated heterocycles. The monoisotopic (exact) mass is 503 g/mol. The second-order valence-corrected chi connectivity index (χ2v) is 12.4. The molecule has 0 spiro atoms. The minimum atomic E-state index is -1.03. The van der Waals surface area contributed by atoms with E-state index in [1.54, 1.807) is 0 Å². The average Bonchev–Trinajstić information content (AvgIpc) is 3.39. The highest BCUT2D eigenvalue weighted by molar-refractivity contribution is 7.84. The van der Waals surface area contributed by atoms with Gasteiger partial charge in [-0.25, -0.2) is 13.5 Å². The van der Waals surface area contributed by atoms with Crippen molar-refractivity contribution in [3.05, 3.63) is 36.0 Å². The number of fused-ring (bicyclic) bond motifs is 1. The second-order valence-electron chi connectivity index (χ2n) is 10.6. The Bertz CT molecular complexity index is 1400. The van der Waals surface area contributed by atoms with Gasteiger partial charge in [0.05, 0.1) is 17.5 Å². The number of aromatic amines is 1. The van der Waals surface area contributed by atoms with Gasteiger partial charge in [0.1, 0.15) is 21.7 Å². The van der Waals surface area contributed by atoms with Crippen molar-refractivity contribution < 1.29 is 4.21 Å². The Kier molecular flexibility index (Phi) is 5.06. The van der Waals surface area contributed by atoms with Crippen LogP contribution >= 0.6 is 0 Å². The first-order valence-corrected chi connectivity index (χ1v) is 13.8. The number of nitrogens with zero attached hydrogens (tertiary/aromatic N) is 6. The lowest BCUT2D eigenvalue weighted by molar-refractivity contribution is -0.0442. The molecule has 4 aliphatic rings. The van der Waals surface area contributed by atoms with E-state index in [1.165, 1.54) is 0 Å². The number of anilines is 3. The van der Waals surface area contributed by atoms with Gasteiger partial charge in [0.15, 0.2) is 5.82 Å². The van der Waals surface area contributed by atoms with E-state index in [2.05, 4.69) is 31.8 Å². The van der Waals surface area contributed by atoms with Crippen LogP contribution in [-0.2, 0) is 11.0 Å². The van der Waals surface area contributed by atoms with Gasteiger partial charge in [0.25, 0.3) is 0 Å². The molecule has 10 nitrogen and oxygen atoms in total. The van der Waals surface area contributed by atoms with Crippen molar-refractivity contribution in [1.82, 2.24) is 29.4 Å². The summed E-state index contributed by atoms with van der Waals surface area (Å²) in [6, 6.07) is 13.4. The highest BCUT2D eigenvalue weighted by atomic mass is 32.2. The number of hydrogen-bond donors (Lipinski definition) is 3. The predicted molar refractivity (Wildman–Crippen MR) is 138 cm³/mol. The number of H-pyrrole nitrogens is 1. The molecule has 0 amide bonds. The molecule has 3 N–H and O–H groups in total. The van der Waals surface area contributed by atoms with Crippen LogP contribution in [0.3, 0.4) is 0 Å². The SMILES string of the molecule is Cc1cc(Nc2nc(NC3CC4CCC5(S(=O)N6CC(C#N)C6)CC(C3)N45)nc3ccccc23)n[nH]1. The summed E-state index contributed by atoms with van der Waals surface area (Å²) >= 11 is 0. The van der Waals surface area contributed by atoms with Gasteiger partial charge >= 0.3 is 0 Å². The molecule has 6 heterocycles. The molecule has 4 aliphatic heterocycles. The molecule has 5 atom stereocenters. The average molecular weight is 504 g/mol. The van der Waals surface area contributed by atoms with E-state index in [4.69, 9.17) is 15.2 Å². The van der Waals surface area contributed by atoms with Crippen molar-refractivity contribution in [1.29, 1.82) is 5.26 Å². The first-order chi connectivity index (χ1) is 17.5. The summed E-state index contributed by atoms with van der Waals surface area (Å²) in [4.78, 5) is 12.0. The number of rotatable bonds is 6. The molecule has 11 heteroatoms. The van der Waals surface area contributed by atoms with Crippen LogP contribution in [0.4, 0.5) is 17.6 Å². The summed E-state index contributed by atoms with van der Waals surface area (Å²) in [5.74, 6) is 2.11. The molecule has 3 aromatic rings. The molecule has 1 aromatic carbocycles. The normalized spacial score (nSPS) is 30.7. The number of benzene rings is 1. The zero-order chi connectivity index (χ0) is 24.4. The first-order valence-electron chi connectivity index (χ1n) is 12.7. The van der Waals surface area contributed by atoms with Crippen molar-refractivity contribution in [2.45, 2.75) is 62.0 Å². The summed E-state index contributed by atoms with van der Waals surface area (Å²) in [5, 5.41) is 24.3. The highest BCUT2D eigenvalue weighted by Gasteiger charge is 2.65. The van der Waals surface area contributed by atoms with Crippen LogP contribution in [0.5, 0.6) is 0 Å². The van der Waals surface area contributed by atoms with E-state index in [0.29, 0.717) is 31.1 Å². The third-order valence-corrected chi connectivity index (χ3v) is 10.3. The van der Waals surface area contributed by atoms with E-state index in [1.807, 2.05) is 41.6 Å². The lowest BCUT2D eigenvalue weighted by Gasteiger charge is -2.60. The molecule has 0 aliphatic carbocycles. The Morgan fingerprint density at radius 1 is 1.22 bits per heavy atom. The standard InChI is InChI=1S/C25H29N9OS/c1-15-8-22(32-31-15)29-23-20-4-2-3-5-21(20)28-24(30-23)27-17-9-18-6-7-25(11-19(10-17)34(18)25)36(35)33-13-16(12-26)14-33/h2-5,8,16-19H,6-7,9-11,13-14H2,1H3,(H3,27,28,29,30,31,32). The summed E-state index contributed by atoms with van der Waals surface area (Å²) in [5.41, 5.74) is 1.86. The largest absolute Gasteiger partial charge is 0.351 e. The molecule has 5 unspecified atom stereocenters. The zero-order valence-electron chi connectivity index (χ0n) is 20.1. The summed E-state index contributed by atoms with van der Waals surface area (Å²) in [6.45, 7) is 3.26. The summed E-state index contributed by atoms with van der Waals surface area (Å²) < 4.78 is 15.4. The fourth-order valence-electron chi connectivity index (χ4n) is 6.65. The van der Waals surface area contributed by atoms with Gasteiger partial charge in [-0.1, -0.05) is 12.1 Å². The van der Waals surface area contributed by atoms with Crippen LogP contribution in [0, 0.1) is 24.2 Å². The number of nitriles is 1. The number of nitrogens with one attached hydrogen (secondary N) is 3. The molecule has 7 rings (SSSR count). The van der Waals surface area contributed by atoms with Gasteiger partial charge in [0.2, 0.25) is 5.95 Å². The molecule has 4 fully saturated rings. The zero-order valence-corrected chi connectivity index (χ0v) is 21.0. The van der Waals surface area contributed by atoms with E-state index in [0.717, 1.165) is 60.3 Å². The predicted octanol–water partition coefficient (Wildman–Crippen LogP) is 3.03. The van der Waals surface area contributed by atoms with E-state index < -0.39 is 11.0 Å². The Morgan fingerprint density at radius 2 is 2.06 bits per heavy atom. The van der Waals surface area contributed by atoms with Crippen molar-refractivity contribution in [3.8, 4) is 6.07 Å². The molecule has 186 valence electrons. The van der Waals surface area contributed by atoms with Crippen LogP contribution in [0.1, 0.15) is 37.8 Å². The Morgan fingerprint density at radius 3 is 2.86 bits per heavy atom. The fraction of sp³-hybridized carbons (Fsp3) is 0.520. The third-order valence-electron chi connectivity index (χ3n) is 8.27. The molecule has 0 radical (unpaired) electrons. The van der Waals surface area contributed by atoms with Gasteiger partial charge in [-0.2, -0.15) is 15.3 Å². The van der Waals surface area contributed by atoms with Gasteiger partial charge in [-0.15, -0.1) is 0 Å². The van der Waals surface area contributed by atoms with Crippen LogP contribution in [-0.4, -0.2) is 69.7 Å². The number of aryl methyl sites for hydroxylation is 1. The van der Waals surface area contributed by atoms with E-state index >= 15 is 0 Å². The van der Waals surface area contributed by atoms with Crippen LogP contribution in [0.15, 0.2) is 30.3 Å². The number of aromatic nitrogens is 4. The minimum absolute atomic E-state index is 0.0340.